The standard InChI is InChI=1S/C15H13N3O2S.CH4.Y/c1-2-16-14(19)11-5-6-18(8-11)15(20)10-3-4-13-12(7-10)17-9-21-13;;/h3-4,7,9H,1,5-6,8H2,(H,16,19);1H4;/q-2;;/i;1T;. The molecule has 0 spiro atoms. The van der Waals surface area contributed by atoms with E-state index in [9.17, 15) is 9.59 Å². The Labute approximate surface area is 166 Å². The minimum absolute atomic E-state index is 0. The van der Waals surface area contributed by atoms with E-state index in [1.807, 2.05) is 6.07 Å². The molecule has 1 fully saturated rings. The molecule has 2 aromatic rings. The van der Waals surface area contributed by atoms with Gasteiger partial charge in [0.1, 0.15) is 0 Å². The van der Waals surface area contributed by atoms with Gasteiger partial charge in [0.25, 0.3) is 5.91 Å². The topological polar surface area (TPSA) is 62.3 Å². The smallest absolute Gasteiger partial charge is 0.251 e. The molecule has 0 aliphatic carbocycles. The zero-order chi connectivity index (χ0) is 16.8. The van der Waals surface area contributed by atoms with Gasteiger partial charge in [0, 0.05) is 39.6 Å². The Morgan fingerprint density at radius 3 is 3.04 bits per heavy atom. The fourth-order valence-electron chi connectivity index (χ4n) is 2.36. The van der Waals surface area contributed by atoms with Gasteiger partial charge in [-0.15, -0.1) is 11.3 Å². The molecule has 3 rings (SSSR count). The van der Waals surface area contributed by atoms with E-state index in [1.54, 1.807) is 33.9 Å². The third-order valence-electron chi connectivity index (χ3n) is 3.45. The number of carbonyl (C=O) groups is 2. The van der Waals surface area contributed by atoms with Crippen LogP contribution in [0.5, 0.6) is 0 Å². The number of benzene rings is 1. The van der Waals surface area contributed by atoms with Crippen molar-refractivity contribution < 1.29 is 43.7 Å². The zero-order valence-electron chi connectivity index (χ0n) is 13.8. The number of aromatic nitrogens is 1. The Hall–Kier alpha value is -1.24. The number of nitrogens with one attached hydrogen (secondary N) is 1. The average molecular weight is 406 g/mol. The van der Waals surface area contributed by atoms with E-state index in [2.05, 4.69) is 23.1 Å². The third kappa shape index (κ3) is 4.19. The molecule has 1 N–H and O–H groups in total. The molecular weight excluding hydrogens is 387 g/mol. The second-order valence-corrected chi connectivity index (χ2v) is 5.63. The molecule has 0 bridgehead atoms. The molecule has 1 aromatic carbocycles. The van der Waals surface area contributed by atoms with Crippen LogP contribution < -0.4 is 5.32 Å². The summed E-state index contributed by atoms with van der Waals surface area (Å²) in [6.45, 7) is 4.24. The van der Waals surface area contributed by atoms with Crippen LogP contribution in [0.15, 0.2) is 30.3 Å². The van der Waals surface area contributed by atoms with Gasteiger partial charge in [-0.3, -0.25) is 4.79 Å². The first-order valence-electron chi connectivity index (χ1n) is 7.48. The maximum Gasteiger partial charge on any atom is 0.251 e. The van der Waals surface area contributed by atoms with E-state index in [0.717, 1.165) is 10.2 Å². The summed E-state index contributed by atoms with van der Waals surface area (Å²) in [5, 5.41) is 2.42. The van der Waals surface area contributed by atoms with E-state index in [0.29, 0.717) is 31.0 Å². The number of carbonyl (C=O) groups excluding carboxylic acids is 2. The largest absolute Gasteiger partial charge is 0.521 e. The van der Waals surface area contributed by atoms with Crippen LogP contribution in [0.3, 0.4) is 0 Å². The number of hydrogen-bond acceptors (Lipinski definition) is 4. The average Bonchev–Trinajstić information content (AvgIpc) is 3.25. The molecule has 7 heteroatoms. The van der Waals surface area contributed by atoms with E-state index in [-0.39, 0.29) is 44.5 Å². The molecule has 1 aromatic heterocycles. The van der Waals surface area contributed by atoms with Crippen LogP contribution in [-0.2, 0) is 37.5 Å². The SMILES string of the molecule is C=[C-]NC(=O)[C-]1CCN(C(=O)c2ccc3scnc3c2)C1.[3H]C.[Y]. The summed E-state index contributed by atoms with van der Waals surface area (Å²) in [5.74, 6) is 0.389. The van der Waals surface area contributed by atoms with Crippen LogP contribution in [0.1, 0.15) is 25.6 Å². The van der Waals surface area contributed by atoms with Crippen molar-refractivity contribution in [2.45, 2.75) is 13.8 Å². The summed E-state index contributed by atoms with van der Waals surface area (Å²) in [6, 6.07) is 5.50. The molecule has 1 radical (unpaired) electrons. The number of likely N-dealkylation sites (tertiary alicyclic amines) is 1. The van der Waals surface area contributed by atoms with Gasteiger partial charge in [0.05, 0.1) is 15.7 Å². The Morgan fingerprint density at radius 2 is 2.30 bits per heavy atom. The molecule has 1 aliphatic rings. The van der Waals surface area contributed by atoms with Crippen LogP contribution in [0.25, 0.3) is 10.2 Å². The van der Waals surface area contributed by atoms with Crippen molar-refractivity contribution in [1.82, 2.24) is 15.2 Å². The zero-order valence-corrected chi connectivity index (χ0v) is 16.5. The van der Waals surface area contributed by atoms with Gasteiger partial charge in [-0.25, -0.2) is 4.98 Å². The Morgan fingerprint density at radius 1 is 1.52 bits per heavy atom. The van der Waals surface area contributed by atoms with Crippen molar-refractivity contribution in [2.75, 3.05) is 13.1 Å². The number of hydrogen-bond donors (Lipinski definition) is 1. The van der Waals surface area contributed by atoms with E-state index < -0.39 is 0 Å². The molecule has 2 heterocycles. The number of amides is 2. The molecule has 1 aliphatic heterocycles. The van der Waals surface area contributed by atoms with Gasteiger partial charge in [0.15, 0.2) is 0 Å². The summed E-state index contributed by atoms with van der Waals surface area (Å²) in [7, 11) is 1.25. The molecule has 119 valence electrons. The van der Waals surface area contributed by atoms with E-state index in [1.165, 1.54) is 7.40 Å². The summed E-state index contributed by atoms with van der Waals surface area (Å²) in [5.41, 5.74) is 3.19. The van der Waals surface area contributed by atoms with E-state index >= 15 is 0 Å². The normalized spacial score (nSPS) is 13.5. The van der Waals surface area contributed by atoms with Gasteiger partial charge in [-0.1, -0.05) is 19.9 Å². The first-order chi connectivity index (χ1) is 11.2. The summed E-state index contributed by atoms with van der Waals surface area (Å²) in [4.78, 5) is 30.1. The van der Waals surface area contributed by atoms with E-state index in [4.69, 9.17) is 1.37 Å². The second kappa shape index (κ2) is 8.57. The number of rotatable bonds is 3. The molecule has 23 heavy (non-hydrogen) atoms. The van der Waals surface area contributed by atoms with Crippen molar-refractivity contribution in [3.8, 4) is 0 Å². The van der Waals surface area contributed by atoms with Gasteiger partial charge in [-0.05, 0) is 24.7 Å². The van der Waals surface area contributed by atoms with Crippen molar-refractivity contribution in [1.29, 1.82) is 0 Å². The monoisotopic (exact) mass is 406 g/mol. The summed E-state index contributed by atoms with van der Waals surface area (Å²) < 4.78 is 6.81. The van der Waals surface area contributed by atoms with Crippen LogP contribution in [-0.4, -0.2) is 34.8 Å². The number of thiazole rings is 1. The first kappa shape index (κ1) is 18.1. The van der Waals surface area contributed by atoms with Gasteiger partial charge in [0.2, 0.25) is 0 Å². The third-order valence-corrected chi connectivity index (χ3v) is 4.26. The predicted octanol–water partition coefficient (Wildman–Crippen LogP) is 2.41. The quantitative estimate of drug-likeness (QED) is 0.629. The Balaban J connectivity index is 0.000000925. The summed E-state index contributed by atoms with van der Waals surface area (Å²) in [6.07, 6.45) is 2.94. The summed E-state index contributed by atoms with van der Waals surface area (Å²) >= 11 is 1.54. The molecular formula is C16H17N3O2SY-2. The second-order valence-electron chi connectivity index (χ2n) is 4.75. The van der Waals surface area contributed by atoms with Gasteiger partial charge in [-0.2, -0.15) is 19.2 Å². The minimum atomic E-state index is -0.213. The Bertz CT molecular complexity index is 722. The van der Waals surface area contributed by atoms with Crippen molar-refractivity contribution >= 4 is 33.4 Å². The fraction of sp³-hybridized carbons (Fsp3) is 0.250. The van der Waals surface area contributed by atoms with Crippen molar-refractivity contribution in [2.24, 2.45) is 0 Å². The van der Waals surface area contributed by atoms with Crippen molar-refractivity contribution in [3.63, 3.8) is 0 Å². The number of fused-ring (bicyclic) bond motifs is 1. The minimum Gasteiger partial charge on any atom is -0.521 e. The first-order valence-corrected chi connectivity index (χ1v) is 7.36. The number of nitrogens with zero attached hydrogens (tertiary/aromatic N) is 2. The maximum atomic E-state index is 12.5. The molecule has 0 atom stereocenters. The van der Waals surface area contributed by atoms with Gasteiger partial charge >= 0.3 is 0 Å². The van der Waals surface area contributed by atoms with Crippen LogP contribution in [0.4, 0.5) is 0 Å². The molecule has 5 nitrogen and oxygen atoms in total. The predicted molar refractivity (Wildman–Crippen MR) is 87.1 cm³/mol. The molecule has 2 amide bonds. The Kier molecular flexibility index (Phi) is 6.75. The van der Waals surface area contributed by atoms with Crippen LogP contribution >= 0.6 is 11.3 Å². The van der Waals surface area contributed by atoms with Crippen molar-refractivity contribution in [3.05, 3.63) is 48.0 Å². The van der Waals surface area contributed by atoms with Crippen LogP contribution in [0.2, 0.25) is 0 Å². The molecule has 0 saturated carbocycles. The van der Waals surface area contributed by atoms with Gasteiger partial charge < -0.3 is 20.9 Å². The molecule has 0 unspecified atom stereocenters. The fourth-order valence-corrected chi connectivity index (χ4v) is 3.02. The van der Waals surface area contributed by atoms with Crippen LogP contribution in [0, 0.1) is 12.1 Å². The molecule has 1 saturated heterocycles. The maximum absolute atomic E-state index is 12.5.